The van der Waals surface area contributed by atoms with Gasteiger partial charge >= 0.3 is 0 Å². The predicted molar refractivity (Wildman–Crippen MR) is 61.2 cm³/mol. The molecule has 0 spiro atoms. The monoisotopic (exact) mass is 220 g/mol. The Hall–Kier alpha value is -2.02. The van der Waals surface area contributed by atoms with Gasteiger partial charge in [-0.2, -0.15) is 0 Å². The number of nitrogens with zero attached hydrogens (tertiary/aromatic N) is 1. The average Bonchev–Trinajstić information content (AvgIpc) is 2.25. The summed E-state index contributed by atoms with van der Waals surface area (Å²) in [5.41, 5.74) is 5.68. The van der Waals surface area contributed by atoms with Crippen molar-refractivity contribution >= 4 is 11.6 Å². The van der Waals surface area contributed by atoms with Crippen molar-refractivity contribution in [3.8, 4) is 12.3 Å². The van der Waals surface area contributed by atoms with Crippen LogP contribution in [-0.2, 0) is 0 Å². The highest BCUT2D eigenvalue weighted by molar-refractivity contribution is 5.95. The zero-order chi connectivity index (χ0) is 12.1. The molecule has 2 N–H and O–H groups in total. The van der Waals surface area contributed by atoms with Crippen LogP contribution in [0.25, 0.3) is 0 Å². The molecule has 0 atom stereocenters. The van der Waals surface area contributed by atoms with E-state index in [1.54, 1.807) is 6.92 Å². The topological polar surface area (TPSA) is 46.3 Å². The molecule has 16 heavy (non-hydrogen) atoms. The molecule has 0 bridgehead atoms. The van der Waals surface area contributed by atoms with E-state index in [4.69, 9.17) is 12.2 Å². The van der Waals surface area contributed by atoms with Crippen LogP contribution in [0.4, 0.5) is 10.1 Å². The molecule has 0 heterocycles. The highest BCUT2D eigenvalue weighted by atomic mass is 19.1. The van der Waals surface area contributed by atoms with Crippen molar-refractivity contribution in [3.05, 3.63) is 29.6 Å². The number of rotatable bonds is 3. The molecule has 1 aromatic carbocycles. The molecule has 0 aliphatic rings. The summed E-state index contributed by atoms with van der Waals surface area (Å²) in [5, 5.41) is 0. The number of nitrogens with two attached hydrogens (primary N) is 1. The second-order valence-electron chi connectivity index (χ2n) is 3.26. The Morgan fingerprint density at radius 1 is 1.62 bits per heavy atom. The Balaban J connectivity index is 3.00. The SMILES string of the molecule is C#CCN(CC)C(=O)c1ccc(N)cc1F. The molecular formula is C12H13FN2O. The normalized spacial score (nSPS) is 9.56. The number of terminal acetylenes is 1. The molecule has 0 radical (unpaired) electrons. The fraction of sp³-hybridized carbons (Fsp3) is 0.250. The smallest absolute Gasteiger partial charge is 0.257 e. The number of nitrogen functional groups attached to an aromatic ring is 1. The van der Waals surface area contributed by atoms with Crippen LogP contribution < -0.4 is 5.73 Å². The number of amides is 1. The lowest BCUT2D eigenvalue weighted by Gasteiger charge is -2.18. The van der Waals surface area contributed by atoms with Gasteiger partial charge in [-0.05, 0) is 25.1 Å². The van der Waals surface area contributed by atoms with Gasteiger partial charge in [0.25, 0.3) is 5.91 Å². The van der Waals surface area contributed by atoms with E-state index in [2.05, 4.69) is 5.92 Å². The zero-order valence-corrected chi connectivity index (χ0v) is 9.03. The lowest BCUT2D eigenvalue weighted by Crippen LogP contribution is -2.31. The van der Waals surface area contributed by atoms with E-state index in [0.29, 0.717) is 6.54 Å². The number of hydrogen-bond donors (Lipinski definition) is 1. The van der Waals surface area contributed by atoms with Crippen molar-refractivity contribution in [2.45, 2.75) is 6.92 Å². The van der Waals surface area contributed by atoms with Crippen LogP contribution in [0.5, 0.6) is 0 Å². The summed E-state index contributed by atoms with van der Waals surface area (Å²) in [6, 6.07) is 3.98. The molecule has 0 saturated heterocycles. The van der Waals surface area contributed by atoms with Crippen molar-refractivity contribution in [2.24, 2.45) is 0 Å². The van der Waals surface area contributed by atoms with E-state index < -0.39 is 11.7 Å². The molecule has 0 saturated carbocycles. The van der Waals surface area contributed by atoms with Gasteiger partial charge in [0.2, 0.25) is 0 Å². The lowest BCUT2D eigenvalue weighted by molar-refractivity contribution is 0.0780. The van der Waals surface area contributed by atoms with Gasteiger partial charge in [0.15, 0.2) is 0 Å². The quantitative estimate of drug-likeness (QED) is 0.620. The van der Waals surface area contributed by atoms with E-state index >= 15 is 0 Å². The molecule has 0 aliphatic carbocycles. The largest absolute Gasteiger partial charge is 0.399 e. The van der Waals surface area contributed by atoms with Gasteiger partial charge < -0.3 is 10.6 Å². The maximum Gasteiger partial charge on any atom is 0.257 e. The van der Waals surface area contributed by atoms with Gasteiger partial charge in [-0.25, -0.2) is 4.39 Å². The third-order valence-electron chi connectivity index (χ3n) is 2.17. The minimum Gasteiger partial charge on any atom is -0.399 e. The Labute approximate surface area is 94.0 Å². The third kappa shape index (κ3) is 2.51. The predicted octanol–water partition coefficient (Wildman–Crippen LogP) is 1.50. The van der Waals surface area contributed by atoms with E-state index in [1.165, 1.54) is 17.0 Å². The summed E-state index contributed by atoms with van der Waals surface area (Å²) in [7, 11) is 0. The number of hydrogen-bond acceptors (Lipinski definition) is 2. The minimum atomic E-state index is -0.625. The standard InChI is InChI=1S/C12H13FN2O/c1-3-7-15(4-2)12(16)10-6-5-9(14)8-11(10)13/h1,5-6,8H,4,7,14H2,2H3. The molecule has 3 nitrogen and oxygen atoms in total. The van der Waals surface area contributed by atoms with Gasteiger partial charge in [-0.3, -0.25) is 4.79 Å². The first-order valence-electron chi connectivity index (χ1n) is 4.88. The van der Waals surface area contributed by atoms with Gasteiger partial charge in [-0.1, -0.05) is 5.92 Å². The van der Waals surface area contributed by atoms with Crippen molar-refractivity contribution in [3.63, 3.8) is 0 Å². The average molecular weight is 220 g/mol. The molecular weight excluding hydrogens is 207 g/mol. The summed E-state index contributed by atoms with van der Waals surface area (Å²) in [6.07, 6.45) is 5.13. The highest BCUT2D eigenvalue weighted by Crippen LogP contribution is 2.13. The Kier molecular flexibility index (Phi) is 3.90. The summed E-state index contributed by atoms with van der Waals surface area (Å²) in [5.74, 6) is 1.32. The number of anilines is 1. The van der Waals surface area contributed by atoms with E-state index in [0.717, 1.165) is 6.07 Å². The van der Waals surface area contributed by atoms with E-state index in [9.17, 15) is 9.18 Å². The third-order valence-corrected chi connectivity index (χ3v) is 2.17. The van der Waals surface area contributed by atoms with Crippen LogP contribution in [0.15, 0.2) is 18.2 Å². The van der Waals surface area contributed by atoms with Crippen LogP contribution in [-0.4, -0.2) is 23.9 Å². The summed E-state index contributed by atoms with van der Waals surface area (Å²) in [6.45, 7) is 2.39. The van der Waals surface area contributed by atoms with Crippen molar-refractivity contribution in [1.82, 2.24) is 4.90 Å². The first-order valence-corrected chi connectivity index (χ1v) is 4.88. The Bertz CT molecular complexity index is 437. The number of halogens is 1. The number of benzene rings is 1. The molecule has 0 aromatic heterocycles. The first kappa shape index (κ1) is 12.1. The maximum absolute atomic E-state index is 13.5. The fourth-order valence-electron chi connectivity index (χ4n) is 1.31. The maximum atomic E-state index is 13.5. The molecule has 1 amide bonds. The molecule has 1 aromatic rings. The summed E-state index contributed by atoms with van der Waals surface area (Å²) in [4.78, 5) is 13.2. The highest BCUT2D eigenvalue weighted by Gasteiger charge is 2.17. The van der Waals surface area contributed by atoms with Crippen LogP contribution in [0.2, 0.25) is 0 Å². The molecule has 0 fully saturated rings. The minimum absolute atomic E-state index is 0.00806. The molecule has 0 aliphatic heterocycles. The lowest BCUT2D eigenvalue weighted by atomic mass is 10.1. The van der Waals surface area contributed by atoms with E-state index in [1.807, 2.05) is 0 Å². The van der Waals surface area contributed by atoms with Crippen LogP contribution in [0.1, 0.15) is 17.3 Å². The molecule has 4 heteroatoms. The van der Waals surface area contributed by atoms with Crippen LogP contribution >= 0.6 is 0 Å². The molecule has 1 rings (SSSR count). The van der Waals surface area contributed by atoms with Gasteiger partial charge in [0.1, 0.15) is 5.82 Å². The van der Waals surface area contributed by atoms with Crippen molar-refractivity contribution in [1.29, 1.82) is 0 Å². The van der Waals surface area contributed by atoms with Gasteiger partial charge in [0.05, 0.1) is 12.1 Å². The molecule has 84 valence electrons. The van der Waals surface area contributed by atoms with Crippen molar-refractivity contribution < 1.29 is 9.18 Å². The first-order chi connectivity index (χ1) is 7.60. The number of carbonyl (C=O) groups excluding carboxylic acids is 1. The Morgan fingerprint density at radius 2 is 2.31 bits per heavy atom. The van der Waals surface area contributed by atoms with Crippen LogP contribution in [0, 0.1) is 18.2 Å². The second-order valence-corrected chi connectivity index (χ2v) is 3.26. The van der Waals surface area contributed by atoms with Crippen molar-refractivity contribution in [2.75, 3.05) is 18.8 Å². The molecule has 0 unspecified atom stereocenters. The van der Waals surface area contributed by atoms with Gasteiger partial charge in [0, 0.05) is 12.2 Å². The van der Waals surface area contributed by atoms with E-state index in [-0.39, 0.29) is 17.8 Å². The second kappa shape index (κ2) is 5.17. The van der Waals surface area contributed by atoms with Gasteiger partial charge in [-0.15, -0.1) is 6.42 Å². The van der Waals surface area contributed by atoms with Crippen LogP contribution in [0.3, 0.4) is 0 Å². The number of carbonyl (C=O) groups is 1. The fourth-order valence-corrected chi connectivity index (χ4v) is 1.31. The summed E-state index contributed by atoms with van der Waals surface area (Å²) < 4.78 is 13.5. The Morgan fingerprint density at radius 3 is 2.81 bits per heavy atom. The zero-order valence-electron chi connectivity index (χ0n) is 9.03. The summed E-state index contributed by atoms with van der Waals surface area (Å²) >= 11 is 0.